The Kier molecular flexibility index (Phi) is 15.0. The lowest BCUT2D eigenvalue weighted by Gasteiger charge is -2.21. The molecule has 0 radical (unpaired) electrons. The molecule has 0 bridgehead atoms. The Labute approximate surface area is 189 Å². The molecule has 2 atom stereocenters. The molecule has 2 unspecified atom stereocenters. The summed E-state index contributed by atoms with van der Waals surface area (Å²) >= 11 is 0. The van der Waals surface area contributed by atoms with E-state index < -0.39 is 18.0 Å². The number of carboxylic acid groups (broad SMARTS) is 1. The van der Waals surface area contributed by atoms with Gasteiger partial charge in [0, 0.05) is 17.8 Å². The van der Waals surface area contributed by atoms with E-state index in [9.17, 15) is 9.59 Å². The topological polar surface area (TPSA) is 72.8 Å². The van der Waals surface area contributed by atoms with Crippen LogP contribution in [0.5, 0.6) is 0 Å². The molecule has 1 saturated heterocycles. The minimum Gasteiger partial charge on any atom is -0.478 e. The molecule has 0 saturated carbocycles. The van der Waals surface area contributed by atoms with Crippen molar-refractivity contribution in [2.24, 2.45) is 0 Å². The van der Waals surface area contributed by atoms with Crippen LogP contribution in [0.15, 0.2) is 23.8 Å². The molecular formula is C26H44O5. The molecule has 0 amide bonds. The Morgan fingerprint density at radius 3 is 2.06 bits per heavy atom. The zero-order valence-electron chi connectivity index (χ0n) is 19.8. The standard InChI is InChI=1S/C26H44O5/c1-4-5-6-7-8-9-10-11-12-13-14-15-17-21(2)26(29)31-24(20-22(3)25(27)28)23-18-16-19-30-23/h20,23-24H,2,4-19H2,1,3H3,(H,27,28). The number of carboxylic acids is 1. The van der Waals surface area contributed by atoms with Gasteiger partial charge in [0.05, 0.1) is 6.10 Å². The number of carbonyl (C=O) groups is 2. The van der Waals surface area contributed by atoms with E-state index in [0.717, 1.165) is 25.7 Å². The Hall–Kier alpha value is -1.62. The summed E-state index contributed by atoms with van der Waals surface area (Å²) in [5, 5.41) is 9.13. The number of ether oxygens (including phenoxy) is 2. The highest BCUT2D eigenvalue weighted by molar-refractivity contribution is 5.88. The second-order valence-electron chi connectivity index (χ2n) is 8.82. The molecule has 1 rings (SSSR count). The van der Waals surface area contributed by atoms with Crippen LogP contribution in [0.1, 0.15) is 110 Å². The van der Waals surface area contributed by atoms with E-state index in [4.69, 9.17) is 14.6 Å². The van der Waals surface area contributed by atoms with Crippen LogP contribution in [-0.2, 0) is 19.1 Å². The largest absolute Gasteiger partial charge is 0.478 e. The van der Waals surface area contributed by atoms with Gasteiger partial charge < -0.3 is 14.6 Å². The van der Waals surface area contributed by atoms with Crippen LogP contribution in [0.2, 0.25) is 0 Å². The van der Waals surface area contributed by atoms with Gasteiger partial charge in [-0.2, -0.15) is 0 Å². The van der Waals surface area contributed by atoms with Crippen molar-refractivity contribution in [3.63, 3.8) is 0 Å². The van der Waals surface area contributed by atoms with Crippen LogP contribution >= 0.6 is 0 Å². The molecule has 1 fully saturated rings. The molecule has 31 heavy (non-hydrogen) atoms. The first kappa shape index (κ1) is 27.4. The summed E-state index contributed by atoms with van der Waals surface area (Å²) in [6, 6.07) is 0. The quantitative estimate of drug-likeness (QED) is 0.146. The predicted molar refractivity (Wildman–Crippen MR) is 125 cm³/mol. The highest BCUT2D eigenvalue weighted by Gasteiger charge is 2.29. The second-order valence-corrected chi connectivity index (χ2v) is 8.82. The van der Waals surface area contributed by atoms with Crippen molar-refractivity contribution < 1.29 is 24.2 Å². The van der Waals surface area contributed by atoms with E-state index in [0.29, 0.717) is 18.6 Å². The van der Waals surface area contributed by atoms with Crippen LogP contribution in [0.4, 0.5) is 0 Å². The van der Waals surface area contributed by atoms with Crippen molar-refractivity contribution in [1.82, 2.24) is 0 Å². The summed E-state index contributed by atoms with van der Waals surface area (Å²) in [5.74, 6) is -1.47. The molecule has 0 aliphatic carbocycles. The molecule has 1 aliphatic heterocycles. The van der Waals surface area contributed by atoms with Gasteiger partial charge in [0.2, 0.25) is 0 Å². The van der Waals surface area contributed by atoms with Gasteiger partial charge in [-0.05, 0) is 38.7 Å². The van der Waals surface area contributed by atoms with Crippen LogP contribution in [-0.4, -0.2) is 35.9 Å². The molecule has 0 aromatic carbocycles. The summed E-state index contributed by atoms with van der Waals surface area (Å²) in [7, 11) is 0. The van der Waals surface area contributed by atoms with Crippen molar-refractivity contribution in [1.29, 1.82) is 0 Å². The van der Waals surface area contributed by atoms with Crippen LogP contribution in [0.3, 0.4) is 0 Å². The van der Waals surface area contributed by atoms with Gasteiger partial charge in [-0.15, -0.1) is 0 Å². The molecule has 178 valence electrons. The highest BCUT2D eigenvalue weighted by atomic mass is 16.6. The Morgan fingerprint density at radius 1 is 1.03 bits per heavy atom. The average Bonchev–Trinajstić information content (AvgIpc) is 3.28. The Balaban J connectivity index is 2.19. The molecule has 1 N–H and O–H groups in total. The lowest BCUT2D eigenvalue weighted by molar-refractivity contribution is -0.147. The maximum atomic E-state index is 12.4. The third kappa shape index (κ3) is 12.7. The molecule has 1 heterocycles. The molecule has 0 aromatic heterocycles. The number of carbonyl (C=O) groups excluding carboxylic acids is 1. The fourth-order valence-electron chi connectivity index (χ4n) is 3.88. The van der Waals surface area contributed by atoms with Gasteiger partial charge in [0.1, 0.15) is 6.10 Å². The predicted octanol–water partition coefficient (Wildman–Crippen LogP) is 6.76. The summed E-state index contributed by atoms with van der Waals surface area (Å²) < 4.78 is 11.2. The van der Waals surface area contributed by atoms with Gasteiger partial charge in [0.25, 0.3) is 0 Å². The van der Waals surface area contributed by atoms with E-state index in [-0.39, 0.29) is 11.7 Å². The first-order chi connectivity index (χ1) is 15.0. The maximum Gasteiger partial charge on any atom is 0.334 e. The van der Waals surface area contributed by atoms with E-state index in [1.54, 1.807) is 0 Å². The molecular weight excluding hydrogens is 392 g/mol. The highest BCUT2D eigenvalue weighted by Crippen LogP contribution is 2.22. The Morgan fingerprint density at radius 2 is 1.58 bits per heavy atom. The maximum absolute atomic E-state index is 12.4. The second kappa shape index (κ2) is 17.0. The zero-order chi connectivity index (χ0) is 22.9. The van der Waals surface area contributed by atoms with Crippen molar-refractivity contribution in [2.75, 3.05) is 6.61 Å². The summed E-state index contributed by atoms with van der Waals surface area (Å²) in [5.41, 5.74) is 0.608. The summed E-state index contributed by atoms with van der Waals surface area (Å²) in [6.45, 7) is 8.25. The van der Waals surface area contributed by atoms with E-state index in [1.165, 1.54) is 77.2 Å². The minimum atomic E-state index is -1.02. The van der Waals surface area contributed by atoms with Crippen molar-refractivity contribution >= 4 is 11.9 Å². The zero-order valence-corrected chi connectivity index (χ0v) is 19.8. The first-order valence-electron chi connectivity index (χ1n) is 12.4. The van der Waals surface area contributed by atoms with Crippen molar-refractivity contribution in [3.8, 4) is 0 Å². The SMILES string of the molecule is C=C(CCCCCCCCCCCCCC)C(=O)OC(C=C(C)C(=O)O)C1CCCO1. The van der Waals surface area contributed by atoms with Crippen molar-refractivity contribution in [3.05, 3.63) is 23.8 Å². The molecule has 5 heteroatoms. The fraction of sp³-hybridized carbons (Fsp3) is 0.769. The molecule has 0 spiro atoms. The van der Waals surface area contributed by atoms with Crippen LogP contribution in [0.25, 0.3) is 0 Å². The van der Waals surface area contributed by atoms with Gasteiger partial charge in [0.15, 0.2) is 0 Å². The summed E-state index contributed by atoms with van der Waals surface area (Å²) in [6.07, 6.45) is 18.1. The monoisotopic (exact) mass is 436 g/mol. The number of hydrogen-bond donors (Lipinski definition) is 1. The minimum absolute atomic E-state index is 0.153. The normalized spacial score (nSPS) is 17.5. The summed E-state index contributed by atoms with van der Waals surface area (Å²) in [4.78, 5) is 23.6. The number of unbranched alkanes of at least 4 members (excludes halogenated alkanes) is 11. The fourth-order valence-corrected chi connectivity index (χ4v) is 3.88. The number of esters is 1. The lowest BCUT2D eigenvalue weighted by atomic mass is 10.0. The molecule has 1 aliphatic rings. The van der Waals surface area contributed by atoms with Gasteiger partial charge in [-0.3, -0.25) is 0 Å². The van der Waals surface area contributed by atoms with E-state index in [1.807, 2.05) is 0 Å². The van der Waals surface area contributed by atoms with E-state index >= 15 is 0 Å². The van der Waals surface area contributed by atoms with E-state index in [2.05, 4.69) is 13.5 Å². The van der Waals surface area contributed by atoms with Crippen LogP contribution in [0, 0.1) is 0 Å². The molecule has 0 aromatic rings. The lowest BCUT2D eigenvalue weighted by Crippen LogP contribution is -2.30. The third-order valence-electron chi connectivity index (χ3n) is 5.95. The van der Waals surface area contributed by atoms with Gasteiger partial charge in [-0.25, -0.2) is 9.59 Å². The smallest absolute Gasteiger partial charge is 0.334 e. The number of hydrogen-bond acceptors (Lipinski definition) is 4. The Bertz CT molecular complexity index is 560. The molecule has 5 nitrogen and oxygen atoms in total. The number of aliphatic carboxylic acids is 1. The first-order valence-corrected chi connectivity index (χ1v) is 12.4. The van der Waals surface area contributed by atoms with Crippen molar-refractivity contribution in [2.45, 2.75) is 122 Å². The number of rotatable bonds is 18. The van der Waals surface area contributed by atoms with Crippen LogP contribution < -0.4 is 0 Å². The van der Waals surface area contributed by atoms with Gasteiger partial charge >= 0.3 is 11.9 Å². The van der Waals surface area contributed by atoms with Gasteiger partial charge in [-0.1, -0.05) is 84.1 Å². The third-order valence-corrected chi connectivity index (χ3v) is 5.95. The average molecular weight is 437 g/mol.